The van der Waals surface area contributed by atoms with Crippen LogP contribution in [0.25, 0.3) is 0 Å². The van der Waals surface area contributed by atoms with Crippen LogP contribution in [0, 0.1) is 0 Å². The van der Waals surface area contributed by atoms with Gasteiger partial charge in [0.15, 0.2) is 0 Å². The Bertz CT molecular complexity index is 665. The van der Waals surface area contributed by atoms with Crippen molar-refractivity contribution in [2.24, 2.45) is 5.73 Å². The Hall–Kier alpha value is -1.85. The molecule has 0 spiro atoms. The monoisotopic (exact) mass is 304 g/mol. The normalized spacial score (nSPS) is 12.9. The molecule has 1 atom stereocenters. The van der Waals surface area contributed by atoms with Crippen LogP contribution in [0.15, 0.2) is 54.6 Å². The highest BCUT2D eigenvalue weighted by Crippen LogP contribution is 2.15. The summed E-state index contributed by atoms with van der Waals surface area (Å²) in [7, 11) is -3.35. The second kappa shape index (κ2) is 6.74. The second-order valence-electron chi connectivity index (χ2n) is 5.07. The number of nitrogens with two attached hydrogens (primary N) is 1. The molecule has 4 nitrogen and oxygen atoms in total. The standard InChI is InChI=1S/C16H20N2O2S/c1-13(17)15-7-9-16(10-8-15)18-21(19,20)12-11-14-5-3-2-4-6-14/h2-10,13,18H,11-12,17H2,1H3. The first-order chi connectivity index (χ1) is 9.96. The molecule has 0 aliphatic heterocycles. The van der Waals surface area contributed by atoms with Gasteiger partial charge in [-0.25, -0.2) is 8.42 Å². The van der Waals surface area contributed by atoms with Crippen molar-refractivity contribution in [2.75, 3.05) is 10.5 Å². The minimum absolute atomic E-state index is 0.0614. The topological polar surface area (TPSA) is 72.2 Å². The lowest BCUT2D eigenvalue weighted by Crippen LogP contribution is -2.18. The lowest BCUT2D eigenvalue weighted by atomic mass is 10.1. The lowest BCUT2D eigenvalue weighted by molar-refractivity contribution is 0.600. The van der Waals surface area contributed by atoms with Gasteiger partial charge in [0.25, 0.3) is 0 Å². The number of rotatable bonds is 6. The first-order valence-corrected chi connectivity index (χ1v) is 8.51. The molecule has 0 heterocycles. The minimum Gasteiger partial charge on any atom is -0.324 e. The van der Waals surface area contributed by atoms with Crippen LogP contribution in [0.4, 0.5) is 5.69 Å². The fourth-order valence-electron chi connectivity index (χ4n) is 1.98. The van der Waals surface area contributed by atoms with Gasteiger partial charge in [0.2, 0.25) is 10.0 Å². The third-order valence-electron chi connectivity index (χ3n) is 3.21. The van der Waals surface area contributed by atoms with Crippen LogP contribution in [0.3, 0.4) is 0 Å². The van der Waals surface area contributed by atoms with E-state index in [9.17, 15) is 8.42 Å². The average Bonchev–Trinajstić information content (AvgIpc) is 2.46. The Morgan fingerprint density at radius 2 is 1.67 bits per heavy atom. The van der Waals surface area contributed by atoms with Crippen molar-refractivity contribution < 1.29 is 8.42 Å². The predicted octanol–water partition coefficient (Wildman–Crippen LogP) is 2.69. The van der Waals surface area contributed by atoms with Gasteiger partial charge in [-0.05, 0) is 36.6 Å². The zero-order valence-electron chi connectivity index (χ0n) is 12.0. The molecule has 2 aromatic carbocycles. The van der Waals surface area contributed by atoms with Gasteiger partial charge < -0.3 is 5.73 Å². The number of anilines is 1. The Balaban J connectivity index is 1.97. The van der Waals surface area contributed by atoms with Gasteiger partial charge in [0.1, 0.15) is 0 Å². The molecule has 0 bridgehead atoms. The van der Waals surface area contributed by atoms with E-state index in [-0.39, 0.29) is 11.8 Å². The molecule has 112 valence electrons. The Kier molecular flexibility index (Phi) is 4.98. The molecule has 3 N–H and O–H groups in total. The summed E-state index contributed by atoms with van der Waals surface area (Å²) in [5.41, 5.74) is 8.31. The van der Waals surface area contributed by atoms with E-state index in [1.807, 2.05) is 49.4 Å². The fraction of sp³-hybridized carbons (Fsp3) is 0.250. The molecule has 5 heteroatoms. The molecule has 1 unspecified atom stereocenters. The van der Waals surface area contributed by atoms with Gasteiger partial charge in [-0.15, -0.1) is 0 Å². The summed E-state index contributed by atoms with van der Waals surface area (Å²) in [6.45, 7) is 1.89. The summed E-state index contributed by atoms with van der Waals surface area (Å²) in [4.78, 5) is 0. The van der Waals surface area contributed by atoms with E-state index >= 15 is 0 Å². The molecule has 0 fully saturated rings. The van der Waals surface area contributed by atoms with Gasteiger partial charge in [0.05, 0.1) is 5.75 Å². The van der Waals surface area contributed by atoms with Crippen LogP contribution < -0.4 is 10.5 Å². The number of hydrogen-bond donors (Lipinski definition) is 2. The number of aryl methyl sites for hydroxylation is 1. The summed E-state index contributed by atoms with van der Waals surface area (Å²) in [5.74, 6) is 0.0616. The molecule has 2 aromatic rings. The molecule has 0 saturated heterocycles. The van der Waals surface area contributed by atoms with Crippen molar-refractivity contribution >= 4 is 15.7 Å². The third-order valence-corrected chi connectivity index (χ3v) is 4.50. The summed E-state index contributed by atoms with van der Waals surface area (Å²) >= 11 is 0. The first kappa shape index (κ1) is 15.5. The molecule has 0 aromatic heterocycles. The van der Waals surface area contributed by atoms with E-state index in [0.717, 1.165) is 11.1 Å². The van der Waals surface area contributed by atoms with Crippen LogP contribution in [0.2, 0.25) is 0 Å². The van der Waals surface area contributed by atoms with Gasteiger partial charge in [0, 0.05) is 11.7 Å². The van der Waals surface area contributed by atoms with E-state index < -0.39 is 10.0 Å². The number of hydrogen-bond acceptors (Lipinski definition) is 3. The maximum absolute atomic E-state index is 12.1. The van der Waals surface area contributed by atoms with E-state index in [4.69, 9.17) is 5.73 Å². The van der Waals surface area contributed by atoms with Crippen molar-refractivity contribution in [2.45, 2.75) is 19.4 Å². The highest BCUT2D eigenvalue weighted by molar-refractivity contribution is 7.92. The lowest BCUT2D eigenvalue weighted by Gasteiger charge is -2.10. The minimum atomic E-state index is -3.35. The van der Waals surface area contributed by atoms with E-state index in [1.54, 1.807) is 12.1 Å². The third kappa shape index (κ3) is 4.88. The Morgan fingerprint density at radius 3 is 2.24 bits per heavy atom. The maximum atomic E-state index is 12.1. The predicted molar refractivity (Wildman–Crippen MR) is 86.6 cm³/mol. The zero-order valence-corrected chi connectivity index (χ0v) is 12.8. The second-order valence-corrected chi connectivity index (χ2v) is 6.91. The molecular weight excluding hydrogens is 284 g/mol. The number of benzene rings is 2. The van der Waals surface area contributed by atoms with Gasteiger partial charge in [-0.1, -0.05) is 42.5 Å². The first-order valence-electron chi connectivity index (χ1n) is 6.86. The van der Waals surface area contributed by atoms with Crippen molar-refractivity contribution in [1.82, 2.24) is 0 Å². The summed E-state index contributed by atoms with van der Waals surface area (Å²) in [6, 6.07) is 16.6. The summed E-state index contributed by atoms with van der Waals surface area (Å²) in [5, 5.41) is 0. The zero-order chi connectivity index (χ0) is 15.3. The van der Waals surface area contributed by atoms with Crippen molar-refractivity contribution in [3.05, 3.63) is 65.7 Å². The highest BCUT2D eigenvalue weighted by Gasteiger charge is 2.11. The number of nitrogens with one attached hydrogen (secondary N) is 1. The molecule has 0 amide bonds. The summed E-state index contributed by atoms with van der Waals surface area (Å²) in [6.07, 6.45) is 0.494. The molecule has 0 aliphatic carbocycles. The smallest absolute Gasteiger partial charge is 0.233 e. The van der Waals surface area contributed by atoms with Gasteiger partial charge in [-0.2, -0.15) is 0 Å². The van der Waals surface area contributed by atoms with Crippen LogP contribution >= 0.6 is 0 Å². The largest absolute Gasteiger partial charge is 0.324 e. The van der Waals surface area contributed by atoms with Gasteiger partial charge in [-0.3, -0.25) is 4.72 Å². The molecule has 2 rings (SSSR count). The van der Waals surface area contributed by atoms with Crippen LogP contribution in [0.1, 0.15) is 24.1 Å². The fourth-order valence-corrected chi connectivity index (χ4v) is 3.08. The average molecular weight is 304 g/mol. The van der Waals surface area contributed by atoms with E-state index in [1.165, 1.54) is 0 Å². The summed E-state index contributed by atoms with van der Waals surface area (Å²) < 4.78 is 26.7. The Morgan fingerprint density at radius 1 is 1.05 bits per heavy atom. The Labute approximate surface area is 126 Å². The molecule has 0 saturated carbocycles. The van der Waals surface area contributed by atoms with Crippen molar-refractivity contribution in [1.29, 1.82) is 0 Å². The van der Waals surface area contributed by atoms with Crippen molar-refractivity contribution in [3.63, 3.8) is 0 Å². The van der Waals surface area contributed by atoms with Gasteiger partial charge >= 0.3 is 0 Å². The molecule has 21 heavy (non-hydrogen) atoms. The van der Waals surface area contributed by atoms with Crippen LogP contribution in [0.5, 0.6) is 0 Å². The SMILES string of the molecule is CC(N)c1ccc(NS(=O)(=O)CCc2ccccc2)cc1. The van der Waals surface area contributed by atoms with Crippen LogP contribution in [-0.4, -0.2) is 14.2 Å². The molecular formula is C16H20N2O2S. The molecule has 0 aliphatic rings. The highest BCUT2D eigenvalue weighted by atomic mass is 32.2. The quantitative estimate of drug-likeness (QED) is 0.862. The van der Waals surface area contributed by atoms with Crippen molar-refractivity contribution in [3.8, 4) is 0 Å². The molecule has 0 radical (unpaired) electrons. The van der Waals surface area contributed by atoms with E-state index in [0.29, 0.717) is 12.1 Å². The number of sulfonamides is 1. The maximum Gasteiger partial charge on any atom is 0.233 e. The van der Waals surface area contributed by atoms with E-state index in [2.05, 4.69) is 4.72 Å². The van der Waals surface area contributed by atoms with Crippen LogP contribution in [-0.2, 0) is 16.4 Å².